The van der Waals surface area contributed by atoms with Gasteiger partial charge in [0, 0.05) is 7.11 Å². The molecule has 3 N–H and O–H groups in total. The zero-order chi connectivity index (χ0) is 14.7. The molecule has 0 saturated heterocycles. The summed E-state index contributed by atoms with van der Waals surface area (Å²) >= 11 is 0. The Morgan fingerprint density at radius 1 is 0.684 bits per heavy atom. The molecule has 2 rings (SSSR count). The van der Waals surface area contributed by atoms with Crippen LogP contribution in [0.5, 0.6) is 0 Å². The lowest BCUT2D eigenvalue weighted by molar-refractivity contribution is 0.0963. The molecule has 0 aromatic heterocycles. The van der Waals surface area contributed by atoms with Crippen molar-refractivity contribution in [1.29, 1.82) is 0 Å². The largest absolute Gasteiger partial charge is 0.400 e. The minimum Gasteiger partial charge on any atom is -0.400 e. The van der Waals surface area contributed by atoms with E-state index >= 15 is 0 Å². The van der Waals surface area contributed by atoms with Gasteiger partial charge >= 0.3 is 0 Å². The Bertz CT molecular complexity index is 180. The van der Waals surface area contributed by atoms with E-state index in [2.05, 4.69) is 13.8 Å². The van der Waals surface area contributed by atoms with Crippen LogP contribution in [0.4, 0.5) is 0 Å². The van der Waals surface area contributed by atoms with Gasteiger partial charge in [0.2, 0.25) is 0 Å². The van der Waals surface area contributed by atoms with Crippen LogP contribution in [0.2, 0.25) is 0 Å². The van der Waals surface area contributed by atoms with Crippen molar-refractivity contribution in [3.05, 3.63) is 0 Å². The maximum absolute atomic E-state index is 9.21. The van der Waals surface area contributed by atoms with Crippen molar-refractivity contribution in [2.24, 2.45) is 11.8 Å². The molecule has 19 heavy (non-hydrogen) atoms. The summed E-state index contributed by atoms with van der Waals surface area (Å²) in [5.41, 5.74) is 0. The molecule has 2 aliphatic rings. The van der Waals surface area contributed by atoms with Gasteiger partial charge in [-0.3, -0.25) is 0 Å². The van der Waals surface area contributed by atoms with Crippen LogP contribution >= 0.6 is 0 Å². The topological polar surface area (TPSA) is 60.7 Å². The van der Waals surface area contributed by atoms with Gasteiger partial charge in [-0.05, 0) is 50.4 Å². The van der Waals surface area contributed by atoms with E-state index in [1.165, 1.54) is 32.1 Å². The molecular formula is C16H34O3. The first-order valence-electron chi connectivity index (χ1n) is 7.90. The number of aliphatic hydroxyl groups is 3. The molecule has 2 fully saturated rings. The molecule has 0 bridgehead atoms. The van der Waals surface area contributed by atoms with Crippen molar-refractivity contribution in [1.82, 2.24) is 0 Å². The molecule has 0 atom stereocenters. The third kappa shape index (κ3) is 9.42. The van der Waals surface area contributed by atoms with E-state index in [0.29, 0.717) is 0 Å². The van der Waals surface area contributed by atoms with Gasteiger partial charge in [-0.1, -0.05) is 33.1 Å². The monoisotopic (exact) mass is 274 g/mol. The van der Waals surface area contributed by atoms with Gasteiger partial charge in [-0.2, -0.15) is 0 Å². The molecule has 2 saturated carbocycles. The van der Waals surface area contributed by atoms with E-state index in [-0.39, 0.29) is 12.2 Å². The van der Waals surface area contributed by atoms with E-state index < -0.39 is 0 Å². The molecule has 116 valence electrons. The smallest absolute Gasteiger partial charge is 0.0540 e. The molecule has 0 aromatic rings. The molecule has 0 aliphatic heterocycles. The van der Waals surface area contributed by atoms with Crippen LogP contribution in [0.1, 0.15) is 71.6 Å². The summed E-state index contributed by atoms with van der Waals surface area (Å²) in [7, 11) is 1.00. The van der Waals surface area contributed by atoms with Crippen LogP contribution in [-0.2, 0) is 0 Å². The Kier molecular flexibility index (Phi) is 11.6. The van der Waals surface area contributed by atoms with Gasteiger partial charge in [0.15, 0.2) is 0 Å². The number of hydrogen-bond acceptors (Lipinski definition) is 3. The summed E-state index contributed by atoms with van der Waals surface area (Å²) < 4.78 is 0. The number of hydrogen-bond donors (Lipinski definition) is 3. The first kappa shape index (κ1) is 18.9. The summed E-state index contributed by atoms with van der Waals surface area (Å²) in [6.45, 7) is 4.56. The van der Waals surface area contributed by atoms with E-state index in [4.69, 9.17) is 10.2 Å². The Morgan fingerprint density at radius 3 is 1.42 bits per heavy atom. The van der Waals surface area contributed by atoms with E-state index in [0.717, 1.165) is 44.6 Å². The second-order valence-corrected chi connectivity index (χ2v) is 6.10. The fraction of sp³-hybridized carbons (Fsp3) is 1.00. The Labute approximate surface area is 119 Å². The maximum Gasteiger partial charge on any atom is 0.0540 e. The zero-order valence-corrected chi connectivity index (χ0v) is 13.0. The lowest BCUT2D eigenvalue weighted by atomic mass is 9.81. The summed E-state index contributed by atoms with van der Waals surface area (Å²) in [5, 5.41) is 25.1. The average molecular weight is 274 g/mol. The van der Waals surface area contributed by atoms with E-state index in [1.54, 1.807) is 0 Å². The van der Waals surface area contributed by atoms with Gasteiger partial charge < -0.3 is 15.3 Å². The first-order chi connectivity index (χ1) is 9.09. The van der Waals surface area contributed by atoms with Crippen LogP contribution in [0.15, 0.2) is 0 Å². The fourth-order valence-corrected chi connectivity index (χ4v) is 2.85. The van der Waals surface area contributed by atoms with Crippen molar-refractivity contribution in [3.8, 4) is 0 Å². The van der Waals surface area contributed by atoms with Gasteiger partial charge in [0.1, 0.15) is 0 Å². The summed E-state index contributed by atoms with van der Waals surface area (Å²) in [4.78, 5) is 0. The fourth-order valence-electron chi connectivity index (χ4n) is 2.85. The van der Waals surface area contributed by atoms with Crippen LogP contribution in [-0.4, -0.2) is 34.6 Å². The summed E-state index contributed by atoms with van der Waals surface area (Å²) in [5.74, 6) is 1.69. The third-order valence-electron chi connectivity index (χ3n) is 4.26. The highest BCUT2D eigenvalue weighted by molar-refractivity contribution is 4.73. The molecule has 3 heteroatoms. The highest BCUT2D eigenvalue weighted by Crippen LogP contribution is 2.29. The Morgan fingerprint density at radius 2 is 1.11 bits per heavy atom. The molecule has 0 aromatic carbocycles. The summed E-state index contributed by atoms with van der Waals surface area (Å²) in [6.07, 6.45) is 10.5. The molecule has 0 unspecified atom stereocenters. The molecule has 0 spiro atoms. The van der Waals surface area contributed by atoms with Crippen LogP contribution in [0.3, 0.4) is 0 Å². The lowest BCUT2D eigenvalue weighted by Gasteiger charge is -2.27. The van der Waals surface area contributed by atoms with Gasteiger partial charge in [-0.15, -0.1) is 0 Å². The lowest BCUT2D eigenvalue weighted by Crippen LogP contribution is -2.21. The number of aliphatic hydroxyl groups excluding tert-OH is 3. The minimum atomic E-state index is 0.00926. The highest BCUT2D eigenvalue weighted by Gasteiger charge is 2.21. The minimum absolute atomic E-state index is 0.00926. The van der Waals surface area contributed by atoms with Crippen molar-refractivity contribution >= 4 is 0 Å². The quantitative estimate of drug-likeness (QED) is 0.688. The van der Waals surface area contributed by atoms with E-state index in [9.17, 15) is 5.11 Å². The van der Waals surface area contributed by atoms with Gasteiger partial charge in [-0.25, -0.2) is 0 Å². The number of rotatable bonds is 1. The van der Waals surface area contributed by atoms with Crippen LogP contribution < -0.4 is 0 Å². The standard InChI is InChI=1S/C9H18O.C6H12O.CH4O/c1-7(2)8-3-5-9(10)6-4-8;7-6-4-2-1-3-5-6;1-2/h7-10H,3-6H2,1-2H3;6-7H,1-5H2;2H,1H3. The predicted molar refractivity (Wildman–Crippen MR) is 80.0 cm³/mol. The third-order valence-corrected chi connectivity index (χ3v) is 4.26. The molecule has 0 heterocycles. The molecule has 3 nitrogen and oxygen atoms in total. The van der Waals surface area contributed by atoms with Gasteiger partial charge in [0.05, 0.1) is 12.2 Å². The highest BCUT2D eigenvalue weighted by atomic mass is 16.3. The van der Waals surface area contributed by atoms with Crippen molar-refractivity contribution in [2.45, 2.75) is 83.8 Å². The maximum atomic E-state index is 9.21. The first-order valence-corrected chi connectivity index (χ1v) is 7.90. The van der Waals surface area contributed by atoms with Crippen LogP contribution in [0.25, 0.3) is 0 Å². The normalized spacial score (nSPS) is 27.9. The zero-order valence-electron chi connectivity index (χ0n) is 13.0. The van der Waals surface area contributed by atoms with Crippen molar-refractivity contribution < 1.29 is 15.3 Å². The van der Waals surface area contributed by atoms with E-state index in [1.807, 2.05) is 0 Å². The SMILES string of the molecule is CC(C)C1CCC(O)CC1.CO.OC1CCCCC1. The van der Waals surface area contributed by atoms with Gasteiger partial charge in [0.25, 0.3) is 0 Å². The molecule has 2 aliphatic carbocycles. The Balaban J connectivity index is 0.000000316. The van der Waals surface area contributed by atoms with Crippen molar-refractivity contribution in [2.75, 3.05) is 7.11 Å². The Hall–Kier alpha value is -0.120. The summed E-state index contributed by atoms with van der Waals surface area (Å²) in [6, 6.07) is 0. The predicted octanol–water partition coefficient (Wildman–Crippen LogP) is 3.11. The molecule has 0 radical (unpaired) electrons. The van der Waals surface area contributed by atoms with Crippen molar-refractivity contribution in [3.63, 3.8) is 0 Å². The molecular weight excluding hydrogens is 240 g/mol. The van der Waals surface area contributed by atoms with Crippen LogP contribution in [0, 0.1) is 11.8 Å². The molecule has 0 amide bonds. The second-order valence-electron chi connectivity index (χ2n) is 6.10. The second kappa shape index (κ2) is 11.7. The average Bonchev–Trinajstić information content (AvgIpc) is 2.43.